The minimum absolute atomic E-state index is 0.553. The minimum Gasteiger partial charge on any atom is -0.456 e. The summed E-state index contributed by atoms with van der Waals surface area (Å²) in [6, 6.07) is 84.5. The Morgan fingerprint density at radius 2 is 0.750 bits per heavy atom. The number of hydrogen-bond donors (Lipinski definition) is 0. The van der Waals surface area contributed by atoms with Crippen molar-refractivity contribution < 1.29 is 13.3 Å². The second kappa shape index (κ2) is 16.6. The largest absolute Gasteiger partial charge is 0.456 e. The average Bonchev–Trinajstić information content (AvgIpc) is 4.26. The first-order valence-corrected chi connectivity index (χ1v) is 25.5. The van der Waals surface area contributed by atoms with Crippen molar-refractivity contribution in [1.29, 1.82) is 0 Å². The zero-order valence-corrected chi connectivity index (χ0v) is 40.6. The van der Waals surface area contributed by atoms with Gasteiger partial charge in [-0.3, -0.25) is 0 Å². The number of para-hydroxylation sites is 4. The van der Waals surface area contributed by atoms with Gasteiger partial charge in [-0.15, -0.1) is 0 Å². The monoisotopic (exact) mass is 972 g/mol. The molecule has 7 nitrogen and oxygen atoms in total. The van der Waals surface area contributed by atoms with Gasteiger partial charge < -0.3 is 17.8 Å². The molecule has 0 radical (unpaired) electrons. The Bertz CT molecular complexity index is 4990. The van der Waals surface area contributed by atoms with E-state index in [1.54, 1.807) is 0 Å². The van der Waals surface area contributed by atoms with Crippen LogP contribution in [0.3, 0.4) is 0 Å². The number of fused-ring (bicyclic) bond motifs is 12. The van der Waals surface area contributed by atoms with Gasteiger partial charge in [-0.1, -0.05) is 170 Å². The summed E-state index contributed by atoms with van der Waals surface area (Å²) in [7, 11) is 0. The van der Waals surface area contributed by atoms with E-state index in [0.29, 0.717) is 17.5 Å². The van der Waals surface area contributed by atoms with E-state index >= 15 is 0 Å². The molecular weight excluding hydrogens is 933 g/mol. The van der Waals surface area contributed by atoms with Gasteiger partial charge >= 0.3 is 0 Å². The Morgan fingerprint density at radius 1 is 0.263 bits per heavy atom. The number of furan rings is 3. The van der Waals surface area contributed by atoms with Gasteiger partial charge in [0.25, 0.3) is 0 Å². The van der Waals surface area contributed by atoms with E-state index in [1.165, 1.54) is 21.8 Å². The second-order valence-corrected chi connectivity index (χ2v) is 19.4. The summed E-state index contributed by atoms with van der Waals surface area (Å²) in [5.41, 5.74) is 17.5. The lowest BCUT2D eigenvalue weighted by Crippen LogP contribution is -2.00. The third-order valence-electron chi connectivity index (χ3n) is 15.1. The van der Waals surface area contributed by atoms with E-state index in [0.717, 1.165) is 122 Å². The van der Waals surface area contributed by atoms with Crippen LogP contribution < -0.4 is 0 Å². The first-order valence-electron chi connectivity index (χ1n) is 25.5. The molecule has 0 aliphatic carbocycles. The minimum atomic E-state index is 0.553. The molecule has 0 saturated heterocycles. The quantitative estimate of drug-likeness (QED) is 0.158. The molecule has 76 heavy (non-hydrogen) atoms. The molecule has 0 saturated carbocycles. The fraction of sp³-hybridized carbons (Fsp3) is 0. The maximum Gasteiger partial charge on any atom is 0.164 e. The van der Waals surface area contributed by atoms with Crippen LogP contribution in [0.15, 0.2) is 256 Å². The number of benzene rings is 11. The highest BCUT2D eigenvalue weighted by molar-refractivity contribution is 6.17. The van der Waals surface area contributed by atoms with Crippen LogP contribution in [0.5, 0.6) is 0 Å². The zero-order chi connectivity index (χ0) is 49.8. The van der Waals surface area contributed by atoms with Crippen LogP contribution >= 0.6 is 0 Å². The first kappa shape index (κ1) is 42.2. The van der Waals surface area contributed by atoms with E-state index in [4.69, 9.17) is 28.2 Å². The third-order valence-corrected chi connectivity index (χ3v) is 15.1. The first-order chi connectivity index (χ1) is 37.6. The van der Waals surface area contributed by atoms with Gasteiger partial charge in [0, 0.05) is 71.0 Å². The van der Waals surface area contributed by atoms with Gasteiger partial charge in [0.15, 0.2) is 17.5 Å². The molecule has 0 unspecified atom stereocenters. The highest BCUT2D eigenvalue weighted by atomic mass is 16.3. The molecule has 0 fully saturated rings. The topological polar surface area (TPSA) is 83.0 Å². The van der Waals surface area contributed by atoms with Crippen LogP contribution in [0.2, 0.25) is 0 Å². The molecule has 0 aliphatic rings. The molecule has 0 bridgehead atoms. The second-order valence-electron chi connectivity index (χ2n) is 19.4. The standard InChI is InChI=1S/C69H40N4O3/c1-3-14-42(15-4-1)67-70-68(43-30-28-41(29-31-43)49-21-11-22-52-51-19-8-10-25-59(51)76-66(49)52)72-69(71-67)53-23-13-27-63-65(53)56-40-46(34-37-61(56)75-63)48-20-12-26-62-64(48)55-39-45(33-36-60(55)74-62)44-32-35-58-54(38-44)50-18-7-9-24-57(50)73(58)47-16-5-2-6-17-47/h1-40H. The summed E-state index contributed by atoms with van der Waals surface area (Å²) in [6.07, 6.45) is 0. The summed E-state index contributed by atoms with van der Waals surface area (Å²) in [6.45, 7) is 0. The SMILES string of the molecule is c1ccc(-c2nc(-c3ccc(-c4cccc5c4oc4ccccc45)cc3)nc(-c3cccc4oc5ccc(-c6cccc7oc8ccc(-c9ccc%10c(c9)c9ccccc9n%10-c9ccccc9)cc8c67)cc5c34)n2)cc1. The van der Waals surface area contributed by atoms with Crippen molar-refractivity contribution in [2.45, 2.75) is 0 Å². The van der Waals surface area contributed by atoms with Crippen molar-refractivity contribution in [3.8, 4) is 73.2 Å². The van der Waals surface area contributed by atoms with Gasteiger partial charge in [-0.05, 0) is 101 Å². The van der Waals surface area contributed by atoms with Crippen LogP contribution in [-0.4, -0.2) is 19.5 Å². The molecule has 16 rings (SSSR count). The number of nitrogens with zero attached hydrogens (tertiary/aromatic N) is 4. The lowest BCUT2D eigenvalue weighted by molar-refractivity contribution is 0.669. The van der Waals surface area contributed by atoms with Gasteiger partial charge in [-0.25, -0.2) is 15.0 Å². The van der Waals surface area contributed by atoms with E-state index in [1.807, 2.05) is 60.7 Å². The lowest BCUT2D eigenvalue weighted by Gasteiger charge is -2.10. The summed E-state index contributed by atoms with van der Waals surface area (Å²) in [5.74, 6) is 1.70. The van der Waals surface area contributed by atoms with E-state index < -0.39 is 0 Å². The van der Waals surface area contributed by atoms with Crippen molar-refractivity contribution in [3.05, 3.63) is 243 Å². The molecule has 5 aromatic heterocycles. The van der Waals surface area contributed by atoms with E-state index in [9.17, 15) is 0 Å². The van der Waals surface area contributed by atoms with E-state index in [-0.39, 0.29) is 0 Å². The Labute approximate surface area is 434 Å². The zero-order valence-electron chi connectivity index (χ0n) is 40.6. The van der Waals surface area contributed by atoms with Crippen LogP contribution in [0.25, 0.3) is 161 Å². The Hall–Kier alpha value is -10.4. The molecule has 0 atom stereocenters. The number of aromatic nitrogens is 4. The number of hydrogen-bond acceptors (Lipinski definition) is 6. The molecule has 0 amide bonds. The Balaban J connectivity index is 0.813. The molecule has 0 aliphatic heterocycles. The van der Waals surface area contributed by atoms with Crippen molar-refractivity contribution in [2.24, 2.45) is 0 Å². The van der Waals surface area contributed by atoms with Gasteiger partial charge in [0.05, 0.1) is 11.0 Å². The van der Waals surface area contributed by atoms with Crippen LogP contribution in [-0.2, 0) is 0 Å². The summed E-state index contributed by atoms with van der Waals surface area (Å²) in [4.78, 5) is 15.5. The van der Waals surface area contributed by atoms with Gasteiger partial charge in [0.2, 0.25) is 0 Å². The molecule has 16 aromatic rings. The fourth-order valence-electron chi connectivity index (χ4n) is 11.6. The lowest BCUT2D eigenvalue weighted by atomic mass is 9.95. The van der Waals surface area contributed by atoms with Crippen LogP contribution in [0.1, 0.15) is 0 Å². The highest BCUT2D eigenvalue weighted by Gasteiger charge is 2.21. The van der Waals surface area contributed by atoms with Crippen molar-refractivity contribution in [3.63, 3.8) is 0 Å². The van der Waals surface area contributed by atoms with Gasteiger partial charge in [-0.2, -0.15) is 0 Å². The Kier molecular flexibility index (Phi) is 9.20. The average molecular weight is 973 g/mol. The summed E-state index contributed by atoms with van der Waals surface area (Å²) in [5, 5.41) is 8.63. The molecule has 11 aromatic carbocycles. The van der Waals surface area contributed by atoms with Crippen molar-refractivity contribution in [1.82, 2.24) is 19.5 Å². The van der Waals surface area contributed by atoms with Crippen LogP contribution in [0, 0.1) is 0 Å². The van der Waals surface area contributed by atoms with Gasteiger partial charge in [0.1, 0.15) is 33.5 Å². The summed E-state index contributed by atoms with van der Waals surface area (Å²) < 4.78 is 22.0. The maximum atomic E-state index is 6.63. The maximum absolute atomic E-state index is 6.63. The van der Waals surface area contributed by atoms with Crippen molar-refractivity contribution in [2.75, 3.05) is 0 Å². The molecule has 7 heteroatoms. The highest BCUT2D eigenvalue weighted by Crippen LogP contribution is 2.44. The molecule has 5 heterocycles. The molecule has 0 spiro atoms. The van der Waals surface area contributed by atoms with E-state index in [2.05, 4.69) is 187 Å². The van der Waals surface area contributed by atoms with Crippen LogP contribution in [0.4, 0.5) is 0 Å². The predicted molar refractivity (Wildman–Crippen MR) is 309 cm³/mol. The normalized spacial score (nSPS) is 11.9. The summed E-state index contributed by atoms with van der Waals surface area (Å²) >= 11 is 0. The molecular formula is C69H40N4O3. The fourth-order valence-corrected chi connectivity index (χ4v) is 11.6. The molecule has 354 valence electrons. The number of rotatable bonds is 7. The Morgan fingerprint density at radius 3 is 1.51 bits per heavy atom. The van der Waals surface area contributed by atoms with Crippen molar-refractivity contribution >= 4 is 87.6 Å². The smallest absolute Gasteiger partial charge is 0.164 e. The predicted octanol–water partition coefficient (Wildman–Crippen LogP) is 18.7. The third kappa shape index (κ3) is 6.59. The molecule has 0 N–H and O–H groups in total.